The minimum absolute atomic E-state index is 0. The van der Waals surface area contributed by atoms with Crippen LogP contribution in [0.5, 0.6) is 0 Å². The van der Waals surface area contributed by atoms with Gasteiger partial charge in [0, 0.05) is 38.8 Å². The van der Waals surface area contributed by atoms with Crippen molar-refractivity contribution >= 4 is 29.9 Å². The average Bonchev–Trinajstić information content (AvgIpc) is 3.34. The van der Waals surface area contributed by atoms with Crippen LogP contribution in [0.1, 0.15) is 32.3 Å². The van der Waals surface area contributed by atoms with E-state index in [0.717, 1.165) is 43.6 Å². The molecule has 1 saturated carbocycles. The fraction of sp³-hybridized carbons (Fsp3) is 0.611. The molecule has 136 valence electrons. The molecule has 1 fully saturated rings. The van der Waals surface area contributed by atoms with Crippen LogP contribution < -0.4 is 10.6 Å². The van der Waals surface area contributed by atoms with E-state index in [1.807, 2.05) is 6.07 Å². The lowest BCUT2D eigenvalue weighted by atomic mass is 10.1. The topological polar surface area (TPSA) is 39.7 Å². The summed E-state index contributed by atoms with van der Waals surface area (Å²) in [7, 11) is 1.78. The molecule has 0 bridgehead atoms. The Morgan fingerprint density at radius 3 is 2.58 bits per heavy atom. The molecule has 6 heteroatoms. The highest BCUT2D eigenvalue weighted by molar-refractivity contribution is 14.0. The molecule has 24 heavy (non-hydrogen) atoms. The van der Waals surface area contributed by atoms with Crippen molar-refractivity contribution in [3.8, 4) is 0 Å². The van der Waals surface area contributed by atoms with Gasteiger partial charge < -0.3 is 10.6 Å². The second-order valence-electron chi connectivity index (χ2n) is 6.37. The van der Waals surface area contributed by atoms with Gasteiger partial charge in [0.25, 0.3) is 0 Å². The van der Waals surface area contributed by atoms with Crippen molar-refractivity contribution in [1.29, 1.82) is 0 Å². The predicted molar refractivity (Wildman–Crippen MR) is 110 cm³/mol. The van der Waals surface area contributed by atoms with Crippen molar-refractivity contribution < 1.29 is 4.39 Å². The molecule has 0 aliphatic heterocycles. The normalized spacial score (nSPS) is 14.7. The highest BCUT2D eigenvalue weighted by Gasteiger charge is 2.29. The molecular weight excluding hydrogens is 418 g/mol. The van der Waals surface area contributed by atoms with Gasteiger partial charge in [-0.15, -0.1) is 24.0 Å². The smallest absolute Gasteiger partial charge is 0.191 e. The Labute approximate surface area is 162 Å². The number of nitrogens with zero attached hydrogens (tertiary/aromatic N) is 2. The summed E-state index contributed by atoms with van der Waals surface area (Å²) < 4.78 is 13.1. The van der Waals surface area contributed by atoms with Crippen LogP contribution in [0, 0.1) is 5.82 Å². The van der Waals surface area contributed by atoms with Crippen LogP contribution in [0.4, 0.5) is 4.39 Å². The second kappa shape index (κ2) is 10.9. The van der Waals surface area contributed by atoms with E-state index in [4.69, 9.17) is 0 Å². The number of aliphatic imine (C=N–C) groups is 1. The number of hydrogen-bond acceptors (Lipinski definition) is 2. The van der Waals surface area contributed by atoms with E-state index in [1.165, 1.54) is 18.9 Å². The molecule has 2 N–H and O–H groups in total. The Balaban J connectivity index is 0.00000288. The van der Waals surface area contributed by atoms with Crippen molar-refractivity contribution in [3.05, 3.63) is 35.6 Å². The van der Waals surface area contributed by atoms with Crippen LogP contribution in [0.15, 0.2) is 29.3 Å². The monoisotopic (exact) mass is 448 g/mol. The maximum atomic E-state index is 13.1. The average molecular weight is 448 g/mol. The molecule has 1 aromatic rings. The van der Waals surface area contributed by atoms with Gasteiger partial charge in [0.1, 0.15) is 5.82 Å². The third kappa shape index (κ3) is 7.34. The van der Waals surface area contributed by atoms with Gasteiger partial charge in [0.15, 0.2) is 5.96 Å². The summed E-state index contributed by atoms with van der Waals surface area (Å²) in [6.07, 6.45) is 3.44. The van der Waals surface area contributed by atoms with Gasteiger partial charge in [-0.05, 0) is 50.8 Å². The van der Waals surface area contributed by atoms with Gasteiger partial charge >= 0.3 is 0 Å². The highest BCUT2D eigenvalue weighted by Crippen LogP contribution is 2.27. The summed E-state index contributed by atoms with van der Waals surface area (Å²) in [6, 6.07) is 8.10. The van der Waals surface area contributed by atoms with Gasteiger partial charge in [-0.3, -0.25) is 9.89 Å². The largest absolute Gasteiger partial charge is 0.356 e. The molecule has 0 radical (unpaired) electrons. The highest BCUT2D eigenvalue weighted by atomic mass is 127. The molecule has 0 heterocycles. The fourth-order valence-electron chi connectivity index (χ4n) is 2.81. The first-order valence-electron chi connectivity index (χ1n) is 8.55. The Bertz CT molecular complexity index is 515. The quantitative estimate of drug-likeness (QED) is 0.365. The van der Waals surface area contributed by atoms with Gasteiger partial charge in [-0.2, -0.15) is 0 Å². The summed E-state index contributed by atoms with van der Waals surface area (Å²) in [4.78, 5) is 6.79. The molecule has 2 rings (SSSR count). The third-order valence-electron chi connectivity index (χ3n) is 4.16. The number of hydrogen-bond donors (Lipinski definition) is 2. The first-order chi connectivity index (χ1) is 11.1. The van der Waals surface area contributed by atoms with E-state index in [0.29, 0.717) is 6.04 Å². The van der Waals surface area contributed by atoms with Crippen LogP contribution in [0.2, 0.25) is 0 Å². The second-order valence-corrected chi connectivity index (χ2v) is 6.37. The van der Waals surface area contributed by atoms with Crippen molar-refractivity contribution in [2.75, 3.05) is 26.7 Å². The molecule has 0 unspecified atom stereocenters. The molecule has 0 aromatic heterocycles. The first-order valence-corrected chi connectivity index (χ1v) is 8.55. The van der Waals surface area contributed by atoms with E-state index >= 15 is 0 Å². The van der Waals surface area contributed by atoms with Crippen LogP contribution in [0.3, 0.4) is 0 Å². The Kier molecular flexibility index (Phi) is 9.58. The van der Waals surface area contributed by atoms with E-state index in [1.54, 1.807) is 19.2 Å². The lowest BCUT2D eigenvalue weighted by Gasteiger charge is -2.26. The summed E-state index contributed by atoms with van der Waals surface area (Å²) in [5.74, 6) is 0.625. The van der Waals surface area contributed by atoms with Gasteiger partial charge in [0.2, 0.25) is 0 Å². The minimum atomic E-state index is -0.182. The maximum absolute atomic E-state index is 13.1. The Morgan fingerprint density at radius 2 is 2.00 bits per heavy atom. The number of guanidine groups is 1. The summed E-state index contributed by atoms with van der Waals surface area (Å²) in [5, 5.41) is 6.64. The lowest BCUT2D eigenvalue weighted by molar-refractivity contribution is 0.215. The number of nitrogens with one attached hydrogen (secondary N) is 2. The number of rotatable bonds is 8. The molecule has 4 nitrogen and oxygen atoms in total. The van der Waals surface area contributed by atoms with Crippen molar-refractivity contribution in [2.24, 2.45) is 4.99 Å². The molecule has 1 aliphatic carbocycles. The van der Waals surface area contributed by atoms with E-state index in [9.17, 15) is 4.39 Å². The van der Waals surface area contributed by atoms with Crippen LogP contribution in [0.25, 0.3) is 0 Å². The van der Waals surface area contributed by atoms with Crippen molar-refractivity contribution in [3.63, 3.8) is 0 Å². The van der Waals surface area contributed by atoms with Crippen LogP contribution in [-0.2, 0) is 6.42 Å². The SMILES string of the molecule is CN=C(NCCc1cccc(F)c1)NCCN(C(C)C)C1CC1.I. The fourth-order valence-corrected chi connectivity index (χ4v) is 2.81. The molecule has 0 spiro atoms. The molecule has 0 amide bonds. The zero-order chi connectivity index (χ0) is 16.7. The van der Waals surface area contributed by atoms with E-state index in [2.05, 4.69) is 34.4 Å². The summed E-state index contributed by atoms with van der Waals surface area (Å²) >= 11 is 0. The molecular formula is C18H30FIN4. The van der Waals surface area contributed by atoms with Crippen LogP contribution in [-0.4, -0.2) is 49.6 Å². The third-order valence-corrected chi connectivity index (χ3v) is 4.16. The van der Waals surface area contributed by atoms with Gasteiger partial charge in [0.05, 0.1) is 0 Å². The van der Waals surface area contributed by atoms with E-state index < -0.39 is 0 Å². The Hall–Kier alpha value is -0.890. The molecule has 0 saturated heterocycles. The number of halogens is 2. The zero-order valence-corrected chi connectivity index (χ0v) is 17.2. The first kappa shape index (κ1) is 21.2. The lowest BCUT2D eigenvalue weighted by Crippen LogP contribution is -2.44. The van der Waals surface area contributed by atoms with Gasteiger partial charge in [-0.25, -0.2) is 4.39 Å². The minimum Gasteiger partial charge on any atom is -0.356 e. The predicted octanol–water partition coefficient (Wildman–Crippen LogP) is 3.02. The standard InChI is InChI=1S/C18H29FN4.HI/c1-14(2)23(17-7-8-17)12-11-22-18(20-3)21-10-9-15-5-4-6-16(19)13-15;/h4-6,13-14,17H,7-12H2,1-3H3,(H2,20,21,22);1H. The zero-order valence-electron chi connectivity index (χ0n) is 14.9. The van der Waals surface area contributed by atoms with E-state index in [-0.39, 0.29) is 29.8 Å². The molecule has 1 aliphatic rings. The Morgan fingerprint density at radius 1 is 1.29 bits per heavy atom. The van der Waals surface area contributed by atoms with Crippen molar-refractivity contribution in [1.82, 2.24) is 15.5 Å². The molecule has 1 aromatic carbocycles. The summed E-state index contributed by atoms with van der Waals surface area (Å²) in [5.41, 5.74) is 0.993. The van der Waals surface area contributed by atoms with Crippen molar-refractivity contribution in [2.45, 2.75) is 45.2 Å². The summed E-state index contributed by atoms with van der Waals surface area (Å²) in [6.45, 7) is 7.16. The number of benzene rings is 1. The van der Waals surface area contributed by atoms with Crippen LogP contribution >= 0.6 is 24.0 Å². The molecule has 0 atom stereocenters. The maximum Gasteiger partial charge on any atom is 0.191 e. The van der Waals surface area contributed by atoms with Gasteiger partial charge in [-0.1, -0.05) is 12.1 Å².